The van der Waals surface area contributed by atoms with E-state index in [0.717, 1.165) is 36.3 Å². The number of aryl methyl sites for hydroxylation is 2. The van der Waals surface area contributed by atoms with Gasteiger partial charge in [-0.05, 0) is 62.1 Å². The van der Waals surface area contributed by atoms with E-state index in [0.29, 0.717) is 25.1 Å². The van der Waals surface area contributed by atoms with Gasteiger partial charge in [0.2, 0.25) is 0 Å². The van der Waals surface area contributed by atoms with Crippen LogP contribution in [-0.2, 0) is 11.3 Å². The Morgan fingerprint density at radius 2 is 1.86 bits per heavy atom. The standard InChI is InChI=1S/C23H27NO4/c1-16-11-12-18(14-17(16)2)24-15-20-19(23(24)27)8-7-9-21(20)28-13-6-4-3-5-10-22(25)26/h7-9,11-12,14H,3-6,10,13,15H2,1-2H3,(H,25,26). The van der Waals surface area contributed by atoms with Crippen molar-refractivity contribution in [2.45, 2.75) is 52.5 Å². The minimum absolute atomic E-state index is 0.0115. The SMILES string of the molecule is Cc1ccc(N2Cc3c(OCCCCCCC(=O)O)cccc3C2=O)cc1C. The molecule has 1 aliphatic rings. The number of amides is 1. The molecule has 1 heterocycles. The zero-order valence-electron chi connectivity index (χ0n) is 16.5. The maximum Gasteiger partial charge on any atom is 0.303 e. The van der Waals surface area contributed by atoms with E-state index in [1.807, 2.05) is 30.3 Å². The van der Waals surface area contributed by atoms with E-state index in [4.69, 9.17) is 9.84 Å². The van der Waals surface area contributed by atoms with Crippen molar-refractivity contribution in [1.82, 2.24) is 0 Å². The number of fused-ring (bicyclic) bond motifs is 1. The van der Waals surface area contributed by atoms with E-state index in [-0.39, 0.29) is 12.3 Å². The molecule has 0 atom stereocenters. The summed E-state index contributed by atoms with van der Waals surface area (Å²) < 4.78 is 5.96. The van der Waals surface area contributed by atoms with E-state index >= 15 is 0 Å². The summed E-state index contributed by atoms with van der Waals surface area (Å²) in [6.45, 7) is 5.21. The van der Waals surface area contributed by atoms with Crippen molar-refractivity contribution in [3.63, 3.8) is 0 Å². The van der Waals surface area contributed by atoms with Crippen LogP contribution in [0.4, 0.5) is 5.69 Å². The Hall–Kier alpha value is -2.82. The zero-order valence-corrected chi connectivity index (χ0v) is 16.5. The number of nitrogens with zero attached hydrogens (tertiary/aromatic N) is 1. The minimum Gasteiger partial charge on any atom is -0.493 e. The highest BCUT2D eigenvalue weighted by atomic mass is 16.5. The number of aliphatic carboxylic acids is 1. The Labute approximate surface area is 165 Å². The van der Waals surface area contributed by atoms with E-state index < -0.39 is 5.97 Å². The Balaban J connectivity index is 1.60. The average molecular weight is 381 g/mol. The molecule has 0 aromatic heterocycles. The predicted molar refractivity (Wildman–Crippen MR) is 109 cm³/mol. The third-order valence-corrected chi connectivity index (χ3v) is 5.27. The van der Waals surface area contributed by atoms with Crippen LogP contribution in [0.2, 0.25) is 0 Å². The first-order chi connectivity index (χ1) is 13.5. The summed E-state index contributed by atoms with van der Waals surface area (Å²) in [6.07, 6.45) is 3.63. The molecule has 0 saturated heterocycles. The van der Waals surface area contributed by atoms with Crippen LogP contribution in [0.25, 0.3) is 0 Å². The van der Waals surface area contributed by atoms with Gasteiger partial charge in [0, 0.05) is 23.2 Å². The molecule has 0 unspecified atom stereocenters. The number of carbonyl (C=O) groups is 2. The van der Waals surface area contributed by atoms with Crippen LogP contribution in [-0.4, -0.2) is 23.6 Å². The average Bonchev–Trinajstić information content (AvgIpc) is 3.00. The maximum absolute atomic E-state index is 12.9. The normalized spacial score (nSPS) is 12.9. The van der Waals surface area contributed by atoms with Gasteiger partial charge in [-0.3, -0.25) is 9.59 Å². The predicted octanol–water partition coefficient (Wildman–Crippen LogP) is 4.88. The molecule has 2 aromatic carbocycles. The number of anilines is 1. The summed E-state index contributed by atoms with van der Waals surface area (Å²) in [5.41, 5.74) is 4.93. The van der Waals surface area contributed by atoms with Crippen LogP contribution < -0.4 is 9.64 Å². The van der Waals surface area contributed by atoms with Crippen molar-refractivity contribution in [2.75, 3.05) is 11.5 Å². The van der Waals surface area contributed by atoms with Gasteiger partial charge in [-0.1, -0.05) is 25.0 Å². The molecule has 0 spiro atoms. The fourth-order valence-electron chi connectivity index (χ4n) is 3.46. The number of carboxylic acid groups (broad SMARTS) is 1. The smallest absolute Gasteiger partial charge is 0.303 e. The molecular formula is C23H27NO4. The summed E-state index contributed by atoms with van der Waals surface area (Å²) in [5.74, 6) is 0.0363. The van der Waals surface area contributed by atoms with Crippen LogP contribution in [0, 0.1) is 13.8 Å². The molecule has 3 rings (SSSR count). The molecular weight excluding hydrogens is 354 g/mol. The first kappa shape index (κ1) is 19.9. The van der Waals surface area contributed by atoms with Gasteiger partial charge in [0.15, 0.2) is 0 Å². The number of hydrogen-bond donors (Lipinski definition) is 1. The van der Waals surface area contributed by atoms with Gasteiger partial charge in [0.25, 0.3) is 5.91 Å². The molecule has 0 bridgehead atoms. The summed E-state index contributed by atoms with van der Waals surface area (Å²) in [5, 5.41) is 8.65. The first-order valence-corrected chi connectivity index (χ1v) is 9.83. The van der Waals surface area contributed by atoms with Crippen LogP contribution >= 0.6 is 0 Å². The number of carbonyl (C=O) groups excluding carboxylic acids is 1. The first-order valence-electron chi connectivity index (χ1n) is 9.83. The molecule has 1 amide bonds. The van der Waals surface area contributed by atoms with E-state index in [9.17, 15) is 9.59 Å². The number of unbranched alkanes of at least 4 members (excludes halogenated alkanes) is 3. The fraction of sp³-hybridized carbons (Fsp3) is 0.391. The Kier molecular flexibility index (Phi) is 6.34. The topological polar surface area (TPSA) is 66.8 Å². The number of rotatable bonds is 9. The Morgan fingerprint density at radius 3 is 2.61 bits per heavy atom. The lowest BCUT2D eigenvalue weighted by atomic mass is 10.1. The quantitative estimate of drug-likeness (QED) is 0.629. The molecule has 148 valence electrons. The van der Waals surface area contributed by atoms with Crippen molar-refractivity contribution in [1.29, 1.82) is 0 Å². The van der Waals surface area contributed by atoms with Crippen molar-refractivity contribution < 1.29 is 19.4 Å². The third kappa shape index (κ3) is 4.53. The van der Waals surface area contributed by atoms with Crippen molar-refractivity contribution in [3.8, 4) is 5.75 Å². The van der Waals surface area contributed by atoms with Crippen LogP contribution in [0.1, 0.15) is 59.2 Å². The molecule has 1 aliphatic heterocycles. The monoisotopic (exact) mass is 381 g/mol. The minimum atomic E-state index is -0.742. The van der Waals surface area contributed by atoms with Crippen molar-refractivity contribution >= 4 is 17.6 Å². The second-order valence-corrected chi connectivity index (χ2v) is 7.35. The molecule has 5 heteroatoms. The summed E-state index contributed by atoms with van der Waals surface area (Å²) >= 11 is 0. The molecule has 0 radical (unpaired) electrons. The lowest BCUT2D eigenvalue weighted by molar-refractivity contribution is -0.137. The van der Waals surface area contributed by atoms with Crippen molar-refractivity contribution in [3.05, 3.63) is 58.7 Å². The van der Waals surface area contributed by atoms with Crippen molar-refractivity contribution in [2.24, 2.45) is 0 Å². The molecule has 2 aromatic rings. The van der Waals surface area contributed by atoms with Gasteiger partial charge in [-0.2, -0.15) is 0 Å². The summed E-state index contributed by atoms with van der Waals surface area (Å²) in [6, 6.07) is 11.7. The second-order valence-electron chi connectivity index (χ2n) is 7.35. The molecule has 0 fully saturated rings. The molecule has 0 aliphatic carbocycles. The van der Waals surface area contributed by atoms with Crippen LogP contribution in [0.15, 0.2) is 36.4 Å². The number of carboxylic acids is 1. The van der Waals surface area contributed by atoms with Crippen LogP contribution in [0.5, 0.6) is 5.75 Å². The molecule has 28 heavy (non-hydrogen) atoms. The molecule has 0 saturated carbocycles. The van der Waals surface area contributed by atoms with Crippen LogP contribution in [0.3, 0.4) is 0 Å². The molecule has 5 nitrogen and oxygen atoms in total. The highest BCUT2D eigenvalue weighted by Gasteiger charge is 2.31. The highest BCUT2D eigenvalue weighted by molar-refractivity contribution is 6.10. The summed E-state index contributed by atoms with van der Waals surface area (Å²) in [7, 11) is 0. The van der Waals surface area contributed by atoms with Gasteiger partial charge in [0.05, 0.1) is 13.2 Å². The number of ether oxygens (including phenoxy) is 1. The van der Waals surface area contributed by atoms with E-state index in [1.54, 1.807) is 4.90 Å². The van der Waals surface area contributed by atoms with Gasteiger partial charge in [0.1, 0.15) is 5.75 Å². The van der Waals surface area contributed by atoms with Gasteiger partial charge >= 0.3 is 5.97 Å². The Bertz CT molecular complexity index is 875. The lowest BCUT2D eigenvalue weighted by Gasteiger charge is -2.17. The number of benzene rings is 2. The maximum atomic E-state index is 12.9. The Morgan fingerprint density at radius 1 is 1.07 bits per heavy atom. The largest absolute Gasteiger partial charge is 0.493 e. The number of hydrogen-bond acceptors (Lipinski definition) is 3. The summed E-state index contributed by atoms with van der Waals surface area (Å²) in [4.78, 5) is 25.2. The van der Waals surface area contributed by atoms with E-state index in [1.165, 1.54) is 11.1 Å². The fourth-order valence-corrected chi connectivity index (χ4v) is 3.46. The third-order valence-electron chi connectivity index (χ3n) is 5.27. The van der Waals surface area contributed by atoms with Gasteiger partial charge < -0.3 is 14.7 Å². The van der Waals surface area contributed by atoms with Gasteiger partial charge in [-0.15, -0.1) is 0 Å². The zero-order chi connectivity index (χ0) is 20.1. The van der Waals surface area contributed by atoms with Gasteiger partial charge in [-0.25, -0.2) is 0 Å². The molecule has 1 N–H and O–H groups in total. The highest BCUT2D eigenvalue weighted by Crippen LogP contribution is 2.34. The second kappa shape index (κ2) is 8.91. The lowest BCUT2D eigenvalue weighted by Crippen LogP contribution is -2.23. The van der Waals surface area contributed by atoms with E-state index in [2.05, 4.69) is 19.9 Å².